The van der Waals surface area contributed by atoms with Crippen LogP contribution in [-0.2, 0) is 0 Å². The van der Waals surface area contributed by atoms with Crippen LogP contribution in [0.15, 0.2) is 29.6 Å². The summed E-state index contributed by atoms with van der Waals surface area (Å²) in [7, 11) is 0. The standard InChI is InChI=1S/C15H19N3OS/c1-9-6-4-5-7-12(9)11(3)17-14(19)13-8-20-15(18-13)10(2)16/h4-8,10-11H,16H2,1-3H3,(H,17,19)/t10?,11-/m1/s1. The number of carbonyl (C=O) groups excluding carboxylic acids is 1. The minimum absolute atomic E-state index is 0.0517. The molecule has 0 aliphatic rings. The predicted molar refractivity (Wildman–Crippen MR) is 81.8 cm³/mol. The van der Waals surface area contributed by atoms with Gasteiger partial charge in [0.05, 0.1) is 12.1 Å². The highest BCUT2D eigenvalue weighted by Gasteiger charge is 2.16. The topological polar surface area (TPSA) is 68.0 Å². The molecule has 3 N–H and O–H groups in total. The quantitative estimate of drug-likeness (QED) is 0.909. The maximum atomic E-state index is 12.2. The molecule has 1 unspecified atom stereocenters. The molecule has 5 heteroatoms. The van der Waals surface area contributed by atoms with Gasteiger partial charge in [-0.3, -0.25) is 4.79 Å². The molecule has 2 aromatic rings. The highest BCUT2D eigenvalue weighted by molar-refractivity contribution is 7.09. The van der Waals surface area contributed by atoms with Crippen LogP contribution >= 0.6 is 11.3 Å². The zero-order valence-corrected chi connectivity index (χ0v) is 12.7. The summed E-state index contributed by atoms with van der Waals surface area (Å²) in [4.78, 5) is 16.4. The molecular formula is C15H19N3OS. The Morgan fingerprint density at radius 2 is 2.05 bits per heavy atom. The third kappa shape index (κ3) is 3.23. The molecule has 0 fully saturated rings. The molecule has 20 heavy (non-hydrogen) atoms. The molecule has 0 saturated heterocycles. The van der Waals surface area contributed by atoms with E-state index in [2.05, 4.69) is 10.3 Å². The van der Waals surface area contributed by atoms with Crippen molar-refractivity contribution in [3.8, 4) is 0 Å². The lowest BCUT2D eigenvalue weighted by molar-refractivity contribution is 0.0935. The second-order valence-electron chi connectivity index (χ2n) is 4.91. The summed E-state index contributed by atoms with van der Waals surface area (Å²) >= 11 is 1.42. The number of hydrogen-bond acceptors (Lipinski definition) is 4. The molecule has 1 amide bonds. The van der Waals surface area contributed by atoms with Crippen LogP contribution in [-0.4, -0.2) is 10.9 Å². The fourth-order valence-electron chi connectivity index (χ4n) is 2.02. The first kappa shape index (κ1) is 14.7. The van der Waals surface area contributed by atoms with Crippen molar-refractivity contribution in [2.45, 2.75) is 32.9 Å². The monoisotopic (exact) mass is 289 g/mol. The van der Waals surface area contributed by atoms with Gasteiger partial charge in [-0.15, -0.1) is 11.3 Å². The molecule has 0 aliphatic heterocycles. The molecule has 0 aliphatic carbocycles. The number of thiazole rings is 1. The van der Waals surface area contributed by atoms with E-state index in [9.17, 15) is 4.79 Å². The number of hydrogen-bond donors (Lipinski definition) is 2. The Labute approximate surface area is 123 Å². The maximum absolute atomic E-state index is 12.2. The Balaban J connectivity index is 2.09. The summed E-state index contributed by atoms with van der Waals surface area (Å²) < 4.78 is 0. The number of nitrogens with two attached hydrogens (primary N) is 1. The van der Waals surface area contributed by atoms with Crippen LogP contribution in [0.5, 0.6) is 0 Å². The molecule has 1 aromatic carbocycles. The van der Waals surface area contributed by atoms with Gasteiger partial charge in [-0.25, -0.2) is 4.98 Å². The molecule has 0 radical (unpaired) electrons. The van der Waals surface area contributed by atoms with Crippen molar-refractivity contribution in [2.24, 2.45) is 5.73 Å². The number of rotatable bonds is 4. The normalized spacial score (nSPS) is 13.8. The average Bonchev–Trinajstić information content (AvgIpc) is 2.88. The van der Waals surface area contributed by atoms with Crippen LogP contribution in [0.25, 0.3) is 0 Å². The highest BCUT2D eigenvalue weighted by atomic mass is 32.1. The average molecular weight is 289 g/mol. The summed E-state index contributed by atoms with van der Waals surface area (Å²) in [6.07, 6.45) is 0. The zero-order valence-electron chi connectivity index (χ0n) is 11.9. The molecule has 1 heterocycles. The molecule has 4 nitrogen and oxygen atoms in total. The van der Waals surface area contributed by atoms with E-state index in [0.29, 0.717) is 5.69 Å². The van der Waals surface area contributed by atoms with Gasteiger partial charge in [0.25, 0.3) is 5.91 Å². The summed E-state index contributed by atoms with van der Waals surface area (Å²) in [6, 6.07) is 7.83. The Bertz CT molecular complexity index is 607. The second-order valence-corrected chi connectivity index (χ2v) is 5.80. The molecule has 1 aromatic heterocycles. The SMILES string of the molecule is Cc1ccccc1[C@@H](C)NC(=O)c1csc(C(C)N)n1. The number of aryl methyl sites for hydroxylation is 1. The molecular weight excluding hydrogens is 270 g/mol. The van der Waals surface area contributed by atoms with Crippen LogP contribution in [0.3, 0.4) is 0 Å². The number of carbonyl (C=O) groups is 1. The van der Waals surface area contributed by atoms with E-state index < -0.39 is 0 Å². The smallest absolute Gasteiger partial charge is 0.271 e. The van der Waals surface area contributed by atoms with E-state index in [1.807, 2.05) is 45.0 Å². The Kier molecular flexibility index (Phi) is 4.52. The largest absolute Gasteiger partial charge is 0.344 e. The lowest BCUT2D eigenvalue weighted by atomic mass is 10.0. The van der Waals surface area contributed by atoms with Crippen LogP contribution in [0, 0.1) is 6.92 Å². The van der Waals surface area contributed by atoms with Crippen molar-refractivity contribution < 1.29 is 4.79 Å². The first-order chi connectivity index (χ1) is 9.49. The fraction of sp³-hybridized carbons (Fsp3) is 0.333. The lowest BCUT2D eigenvalue weighted by Crippen LogP contribution is -2.27. The number of aromatic nitrogens is 1. The summed E-state index contributed by atoms with van der Waals surface area (Å²) in [5.41, 5.74) is 8.46. The fourth-order valence-corrected chi connectivity index (χ4v) is 2.78. The van der Waals surface area contributed by atoms with Gasteiger partial charge in [-0.05, 0) is 31.9 Å². The van der Waals surface area contributed by atoms with Crippen molar-refractivity contribution in [1.29, 1.82) is 0 Å². The van der Waals surface area contributed by atoms with E-state index in [-0.39, 0.29) is 18.0 Å². The number of benzene rings is 1. The van der Waals surface area contributed by atoms with Gasteiger partial charge in [-0.2, -0.15) is 0 Å². The van der Waals surface area contributed by atoms with Gasteiger partial charge in [0.2, 0.25) is 0 Å². The van der Waals surface area contributed by atoms with Gasteiger partial charge < -0.3 is 11.1 Å². The number of amides is 1. The van der Waals surface area contributed by atoms with Crippen molar-refractivity contribution in [1.82, 2.24) is 10.3 Å². The number of nitrogens with zero attached hydrogens (tertiary/aromatic N) is 1. The third-order valence-corrected chi connectivity index (χ3v) is 4.19. The predicted octanol–water partition coefficient (Wildman–Crippen LogP) is 2.96. The van der Waals surface area contributed by atoms with Crippen LogP contribution in [0.4, 0.5) is 0 Å². The molecule has 0 bridgehead atoms. The first-order valence-corrected chi connectivity index (χ1v) is 7.44. The molecule has 2 atom stereocenters. The lowest BCUT2D eigenvalue weighted by Gasteiger charge is -2.15. The van der Waals surface area contributed by atoms with E-state index in [4.69, 9.17) is 5.73 Å². The highest BCUT2D eigenvalue weighted by Crippen LogP contribution is 2.19. The van der Waals surface area contributed by atoms with Crippen molar-refractivity contribution in [3.05, 3.63) is 51.5 Å². The summed E-state index contributed by atoms with van der Waals surface area (Å²) in [5, 5.41) is 5.50. The zero-order chi connectivity index (χ0) is 14.7. The van der Waals surface area contributed by atoms with Crippen molar-refractivity contribution in [3.63, 3.8) is 0 Å². The molecule has 0 saturated carbocycles. The van der Waals surface area contributed by atoms with Crippen molar-refractivity contribution >= 4 is 17.2 Å². The summed E-state index contributed by atoms with van der Waals surface area (Å²) in [5.74, 6) is -0.163. The molecule has 2 rings (SSSR count). The molecule has 106 valence electrons. The van der Waals surface area contributed by atoms with E-state index in [1.54, 1.807) is 5.38 Å². The Morgan fingerprint density at radius 1 is 1.35 bits per heavy atom. The van der Waals surface area contributed by atoms with E-state index in [1.165, 1.54) is 11.3 Å². The summed E-state index contributed by atoms with van der Waals surface area (Å²) in [6.45, 7) is 5.87. The Morgan fingerprint density at radius 3 is 2.65 bits per heavy atom. The maximum Gasteiger partial charge on any atom is 0.271 e. The Hall–Kier alpha value is -1.72. The van der Waals surface area contributed by atoms with E-state index >= 15 is 0 Å². The minimum atomic E-state index is -0.163. The van der Waals surface area contributed by atoms with Gasteiger partial charge >= 0.3 is 0 Å². The van der Waals surface area contributed by atoms with Gasteiger partial charge in [0.15, 0.2) is 0 Å². The third-order valence-electron chi connectivity index (χ3n) is 3.15. The van der Waals surface area contributed by atoms with Crippen molar-refractivity contribution in [2.75, 3.05) is 0 Å². The van der Waals surface area contributed by atoms with E-state index in [0.717, 1.165) is 16.1 Å². The first-order valence-electron chi connectivity index (χ1n) is 6.56. The van der Waals surface area contributed by atoms with Gasteiger partial charge in [0, 0.05) is 5.38 Å². The number of nitrogens with one attached hydrogen (secondary N) is 1. The van der Waals surface area contributed by atoms with Crippen LogP contribution in [0.2, 0.25) is 0 Å². The van der Waals surface area contributed by atoms with Crippen LogP contribution < -0.4 is 11.1 Å². The second kappa shape index (κ2) is 6.15. The van der Waals surface area contributed by atoms with Crippen LogP contribution in [0.1, 0.15) is 52.6 Å². The van der Waals surface area contributed by atoms with Gasteiger partial charge in [-0.1, -0.05) is 24.3 Å². The van der Waals surface area contributed by atoms with Gasteiger partial charge in [0.1, 0.15) is 10.7 Å². The minimum Gasteiger partial charge on any atom is -0.344 e. The molecule has 0 spiro atoms.